The molecule has 1 N–H and O–H groups in total. The Bertz CT molecular complexity index is 711. The van der Waals surface area contributed by atoms with Crippen LogP contribution in [0.15, 0.2) is 18.6 Å². The highest BCUT2D eigenvalue weighted by molar-refractivity contribution is 6.03. The Kier molecular flexibility index (Phi) is 4.26. The van der Waals surface area contributed by atoms with Gasteiger partial charge in [-0.15, -0.1) is 16.6 Å². The zero-order valence-corrected chi connectivity index (χ0v) is 11.3. The molecule has 0 unspecified atom stereocenters. The molecule has 0 aliphatic heterocycles. The number of hydrogen-bond donors (Lipinski definition) is 1. The standard InChI is InChI=1S/C13H11N5O3/c1-4-8-5-9(17-18-12(8)20-2)11(19)16-10-6-14-7-15-13(10)21-3/h1,5-7H,2-3H3,(H,16,19). The topological polar surface area (TPSA) is 99.1 Å². The molecule has 0 radical (unpaired) electrons. The van der Waals surface area contributed by atoms with Gasteiger partial charge in [-0.05, 0) is 6.07 Å². The summed E-state index contributed by atoms with van der Waals surface area (Å²) in [5.41, 5.74) is 0.674. The maximum absolute atomic E-state index is 12.1. The number of carbonyl (C=O) groups is 1. The van der Waals surface area contributed by atoms with Crippen molar-refractivity contribution in [3.8, 4) is 24.1 Å². The third kappa shape index (κ3) is 3.03. The van der Waals surface area contributed by atoms with E-state index in [1.807, 2.05) is 0 Å². The van der Waals surface area contributed by atoms with Crippen LogP contribution in [0, 0.1) is 12.3 Å². The Labute approximate surface area is 120 Å². The van der Waals surface area contributed by atoms with Gasteiger partial charge < -0.3 is 14.8 Å². The lowest BCUT2D eigenvalue weighted by atomic mass is 10.2. The quantitative estimate of drug-likeness (QED) is 0.817. The number of hydrogen-bond acceptors (Lipinski definition) is 7. The van der Waals surface area contributed by atoms with Crippen molar-refractivity contribution in [3.05, 3.63) is 29.8 Å². The lowest BCUT2D eigenvalue weighted by Crippen LogP contribution is -2.16. The molecule has 106 valence electrons. The van der Waals surface area contributed by atoms with Gasteiger partial charge in [0.1, 0.15) is 12.0 Å². The number of carbonyl (C=O) groups excluding carboxylic acids is 1. The van der Waals surface area contributed by atoms with E-state index in [1.165, 1.54) is 32.8 Å². The maximum atomic E-state index is 12.1. The van der Waals surface area contributed by atoms with E-state index in [2.05, 4.69) is 31.4 Å². The van der Waals surface area contributed by atoms with Crippen LogP contribution in [0.1, 0.15) is 16.1 Å². The number of ether oxygens (including phenoxy) is 2. The van der Waals surface area contributed by atoms with Gasteiger partial charge in [0.25, 0.3) is 5.91 Å². The van der Waals surface area contributed by atoms with E-state index in [0.717, 1.165) is 0 Å². The molecule has 8 heteroatoms. The maximum Gasteiger partial charge on any atom is 0.276 e. The minimum absolute atomic E-state index is 0.0367. The molecule has 0 saturated carbocycles. The molecular weight excluding hydrogens is 274 g/mol. The first-order chi connectivity index (χ1) is 10.2. The number of rotatable bonds is 4. The lowest BCUT2D eigenvalue weighted by Gasteiger charge is -2.08. The molecule has 0 bridgehead atoms. The first-order valence-electron chi connectivity index (χ1n) is 5.73. The van der Waals surface area contributed by atoms with Gasteiger partial charge in [-0.3, -0.25) is 4.79 Å². The van der Waals surface area contributed by atoms with E-state index in [-0.39, 0.29) is 17.5 Å². The second kappa shape index (κ2) is 6.29. The highest BCUT2D eigenvalue weighted by Crippen LogP contribution is 2.20. The van der Waals surface area contributed by atoms with Crippen LogP contribution in [0.3, 0.4) is 0 Å². The smallest absolute Gasteiger partial charge is 0.276 e. The summed E-state index contributed by atoms with van der Waals surface area (Å²) in [6.45, 7) is 0. The molecule has 0 aliphatic carbocycles. The highest BCUT2D eigenvalue weighted by atomic mass is 16.5. The number of nitrogens with zero attached hydrogens (tertiary/aromatic N) is 4. The van der Waals surface area contributed by atoms with Crippen LogP contribution in [0.4, 0.5) is 5.69 Å². The Hall–Kier alpha value is -3.21. The molecular formula is C13H11N5O3. The second-order valence-electron chi connectivity index (χ2n) is 3.70. The van der Waals surface area contributed by atoms with Crippen molar-refractivity contribution in [2.24, 2.45) is 0 Å². The third-order valence-electron chi connectivity index (χ3n) is 2.46. The van der Waals surface area contributed by atoms with E-state index >= 15 is 0 Å². The first kappa shape index (κ1) is 14.2. The molecule has 0 saturated heterocycles. The number of anilines is 1. The Morgan fingerprint density at radius 2 is 2.05 bits per heavy atom. The Morgan fingerprint density at radius 3 is 2.71 bits per heavy atom. The molecule has 21 heavy (non-hydrogen) atoms. The van der Waals surface area contributed by atoms with Crippen molar-refractivity contribution < 1.29 is 14.3 Å². The zero-order valence-electron chi connectivity index (χ0n) is 11.3. The molecule has 0 aromatic carbocycles. The van der Waals surface area contributed by atoms with E-state index in [9.17, 15) is 4.79 Å². The van der Waals surface area contributed by atoms with Crippen LogP contribution in [0.5, 0.6) is 11.8 Å². The van der Waals surface area contributed by atoms with Crippen molar-refractivity contribution >= 4 is 11.6 Å². The van der Waals surface area contributed by atoms with Gasteiger partial charge in [0.05, 0.1) is 26.0 Å². The number of amides is 1. The molecule has 2 heterocycles. The minimum atomic E-state index is -0.519. The van der Waals surface area contributed by atoms with E-state index in [4.69, 9.17) is 15.9 Å². The fraction of sp³-hybridized carbons (Fsp3) is 0.154. The van der Waals surface area contributed by atoms with Crippen molar-refractivity contribution in [2.45, 2.75) is 0 Å². The van der Waals surface area contributed by atoms with Crippen LogP contribution in [-0.2, 0) is 0 Å². The van der Waals surface area contributed by atoms with Gasteiger partial charge in [-0.2, -0.15) is 4.98 Å². The van der Waals surface area contributed by atoms with E-state index in [0.29, 0.717) is 11.3 Å². The normalized spacial score (nSPS) is 9.57. The number of terminal acetylenes is 1. The summed E-state index contributed by atoms with van der Waals surface area (Å²) in [5.74, 6) is 2.26. The Morgan fingerprint density at radius 1 is 1.29 bits per heavy atom. The highest BCUT2D eigenvalue weighted by Gasteiger charge is 2.15. The number of nitrogens with one attached hydrogen (secondary N) is 1. The molecule has 1 amide bonds. The van der Waals surface area contributed by atoms with Gasteiger partial charge in [-0.25, -0.2) is 4.98 Å². The largest absolute Gasteiger partial charge is 0.479 e. The Balaban J connectivity index is 2.27. The molecule has 0 atom stereocenters. The van der Waals surface area contributed by atoms with E-state index in [1.54, 1.807) is 0 Å². The monoisotopic (exact) mass is 285 g/mol. The molecule has 8 nitrogen and oxygen atoms in total. The predicted molar refractivity (Wildman–Crippen MR) is 73.1 cm³/mol. The molecule has 0 fully saturated rings. The minimum Gasteiger partial charge on any atom is -0.479 e. The number of aromatic nitrogens is 4. The summed E-state index contributed by atoms with van der Waals surface area (Å²) in [6.07, 6.45) is 8.03. The molecule has 2 rings (SSSR count). The predicted octanol–water partition coefficient (Wildman–Crippen LogP) is 0.517. The van der Waals surface area contributed by atoms with Crippen molar-refractivity contribution in [1.82, 2.24) is 20.2 Å². The average molecular weight is 285 g/mol. The van der Waals surface area contributed by atoms with Crippen molar-refractivity contribution in [1.29, 1.82) is 0 Å². The van der Waals surface area contributed by atoms with Crippen LogP contribution in [0.25, 0.3) is 0 Å². The van der Waals surface area contributed by atoms with Crippen molar-refractivity contribution in [2.75, 3.05) is 19.5 Å². The summed E-state index contributed by atoms with van der Waals surface area (Å²) < 4.78 is 9.95. The van der Waals surface area contributed by atoms with Crippen LogP contribution in [0.2, 0.25) is 0 Å². The fourth-order valence-corrected chi connectivity index (χ4v) is 1.50. The zero-order chi connectivity index (χ0) is 15.2. The molecule has 0 aliphatic rings. The van der Waals surface area contributed by atoms with E-state index < -0.39 is 5.91 Å². The van der Waals surface area contributed by atoms with Crippen LogP contribution in [-0.4, -0.2) is 40.3 Å². The van der Waals surface area contributed by atoms with Crippen LogP contribution < -0.4 is 14.8 Å². The summed E-state index contributed by atoms with van der Waals surface area (Å²) >= 11 is 0. The van der Waals surface area contributed by atoms with Gasteiger partial charge in [0, 0.05) is 0 Å². The SMILES string of the molecule is C#Cc1cc(C(=O)Nc2cncnc2OC)nnc1OC. The lowest BCUT2D eigenvalue weighted by molar-refractivity contribution is 0.102. The fourth-order valence-electron chi connectivity index (χ4n) is 1.50. The summed E-state index contributed by atoms with van der Waals surface area (Å²) in [6, 6.07) is 1.40. The van der Waals surface area contributed by atoms with Gasteiger partial charge >= 0.3 is 0 Å². The average Bonchev–Trinajstić information content (AvgIpc) is 2.54. The molecule has 2 aromatic rings. The molecule has 2 aromatic heterocycles. The second-order valence-corrected chi connectivity index (χ2v) is 3.70. The van der Waals surface area contributed by atoms with Crippen molar-refractivity contribution in [3.63, 3.8) is 0 Å². The van der Waals surface area contributed by atoms with Crippen LogP contribution >= 0.6 is 0 Å². The van der Waals surface area contributed by atoms with Gasteiger partial charge in [-0.1, -0.05) is 5.92 Å². The third-order valence-corrected chi connectivity index (χ3v) is 2.46. The summed E-state index contributed by atoms with van der Waals surface area (Å²) in [7, 11) is 2.85. The summed E-state index contributed by atoms with van der Waals surface area (Å²) in [5, 5.41) is 10.0. The number of methoxy groups -OCH3 is 2. The van der Waals surface area contributed by atoms with Gasteiger partial charge in [0.15, 0.2) is 5.69 Å². The molecule has 0 spiro atoms. The summed E-state index contributed by atoms with van der Waals surface area (Å²) in [4.78, 5) is 19.8. The van der Waals surface area contributed by atoms with Gasteiger partial charge in [0.2, 0.25) is 11.8 Å². The first-order valence-corrected chi connectivity index (χ1v) is 5.73.